The van der Waals surface area contributed by atoms with Crippen LogP contribution in [0.15, 0.2) is 12.1 Å². The van der Waals surface area contributed by atoms with Crippen molar-refractivity contribution in [1.29, 1.82) is 5.26 Å². The van der Waals surface area contributed by atoms with Crippen LogP contribution in [0.1, 0.15) is 22.8 Å². The van der Waals surface area contributed by atoms with Gasteiger partial charge >= 0.3 is 0 Å². The summed E-state index contributed by atoms with van der Waals surface area (Å²) in [5.41, 5.74) is 5.12. The van der Waals surface area contributed by atoms with Gasteiger partial charge in [0, 0.05) is 5.56 Å². The number of halogens is 1. The highest BCUT2D eigenvalue weighted by Gasteiger charge is 2.09. The summed E-state index contributed by atoms with van der Waals surface area (Å²) in [5.74, 6) is -1.02. The summed E-state index contributed by atoms with van der Waals surface area (Å²) >= 11 is 0. The molecule has 1 aromatic rings. The number of rotatable bonds is 1. The molecule has 0 heterocycles. The molecule has 0 bridgehead atoms. The topological polar surface area (TPSA) is 66.9 Å². The van der Waals surface area contributed by atoms with Crippen LogP contribution in [0.2, 0.25) is 0 Å². The third-order valence-corrected chi connectivity index (χ3v) is 1.63. The summed E-state index contributed by atoms with van der Waals surface area (Å²) in [7, 11) is 0. The van der Waals surface area contributed by atoms with E-state index in [1.165, 1.54) is 19.1 Å². The summed E-state index contributed by atoms with van der Waals surface area (Å²) < 4.78 is 13.0. The Kier molecular flexibility index (Phi) is 2.29. The molecule has 0 saturated heterocycles. The van der Waals surface area contributed by atoms with Gasteiger partial charge in [-0.15, -0.1) is 0 Å². The van der Waals surface area contributed by atoms with Gasteiger partial charge in [0.2, 0.25) is 0 Å². The van der Waals surface area contributed by atoms with Crippen molar-refractivity contribution < 1.29 is 9.18 Å². The van der Waals surface area contributed by atoms with Gasteiger partial charge in [0.25, 0.3) is 0 Å². The number of nitrogen functional groups attached to an aromatic ring is 1. The fourth-order valence-electron chi connectivity index (χ4n) is 0.932. The minimum atomic E-state index is -0.771. The van der Waals surface area contributed by atoms with Crippen LogP contribution in [0.25, 0.3) is 0 Å². The molecule has 2 N–H and O–H groups in total. The first-order valence-electron chi connectivity index (χ1n) is 3.56. The first-order valence-corrected chi connectivity index (χ1v) is 3.56. The number of hydrogen-bond donors (Lipinski definition) is 1. The monoisotopic (exact) mass is 178 g/mol. The van der Waals surface area contributed by atoms with Crippen molar-refractivity contribution in [1.82, 2.24) is 0 Å². The second kappa shape index (κ2) is 3.23. The number of nitrogens with two attached hydrogens (primary N) is 1. The van der Waals surface area contributed by atoms with E-state index < -0.39 is 5.82 Å². The zero-order valence-corrected chi connectivity index (χ0v) is 6.97. The van der Waals surface area contributed by atoms with Gasteiger partial charge in [-0.2, -0.15) is 5.26 Å². The molecule has 0 aliphatic carbocycles. The van der Waals surface area contributed by atoms with Gasteiger partial charge in [-0.25, -0.2) is 4.39 Å². The van der Waals surface area contributed by atoms with Crippen molar-refractivity contribution in [2.75, 3.05) is 5.73 Å². The van der Waals surface area contributed by atoms with Crippen molar-refractivity contribution in [3.63, 3.8) is 0 Å². The average Bonchev–Trinajstić information content (AvgIpc) is 2.09. The lowest BCUT2D eigenvalue weighted by atomic mass is 10.1. The van der Waals surface area contributed by atoms with Crippen molar-refractivity contribution in [2.45, 2.75) is 6.92 Å². The van der Waals surface area contributed by atoms with Crippen molar-refractivity contribution in [3.05, 3.63) is 29.1 Å². The predicted molar refractivity (Wildman–Crippen MR) is 45.5 cm³/mol. The van der Waals surface area contributed by atoms with Crippen LogP contribution < -0.4 is 5.73 Å². The highest BCUT2D eigenvalue weighted by atomic mass is 19.1. The normalized spacial score (nSPS) is 9.31. The Morgan fingerprint density at radius 1 is 1.62 bits per heavy atom. The van der Waals surface area contributed by atoms with Gasteiger partial charge in [-0.3, -0.25) is 4.79 Å². The Morgan fingerprint density at radius 3 is 2.69 bits per heavy atom. The van der Waals surface area contributed by atoms with Gasteiger partial charge < -0.3 is 5.73 Å². The number of carbonyl (C=O) groups is 1. The number of nitriles is 1. The third-order valence-electron chi connectivity index (χ3n) is 1.63. The molecular formula is C9H7FN2O. The lowest BCUT2D eigenvalue weighted by molar-refractivity contribution is 0.101. The number of benzene rings is 1. The smallest absolute Gasteiger partial charge is 0.163 e. The highest BCUT2D eigenvalue weighted by molar-refractivity contribution is 5.95. The molecule has 0 atom stereocenters. The van der Waals surface area contributed by atoms with Crippen LogP contribution in [-0.2, 0) is 0 Å². The minimum absolute atomic E-state index is 0.177. The molecule has 0 aliphatic rings. The van der Waals surface area contributed by atoms with Gasteiger partial charge in [0.15, 0.2) is 11.6 Å². The molecule has 3 nitrogen and oxygen atoms in total. The maximum Gasteiger partial charge on any atom is 0.163 e. The molecule has 0 aliphatic heterocycles. The molecule has 13 heavy (non-hydrogen) atoms. The maximum atomic E-state index is 13.0. The molecule has 1 rings (SSSR count). The Bertz CT molecular complexity index is 407. The van der Waals surface area contributed by atoms with E-state index in [9.17, 15) is 9.18 Å². The quantitative estimate of drug-likeness (QED) is 0.523. The molecule has 0 saturated carbocycles. The molecular weight excluding hydrogens is 171 g/mol. The van der Waals surface area contributed by atoms with Crippen LogP contribution in [-0.4, -0.2) is 5.78 Å². The molecule has 0 amide bonds. The molecule has 66 valence electrons. The number of ketones is 1. The second-order valence-corrected chi connectivity index (χ2v) is 2.60. The van der Waals surface area contributed by atoms with Gasteiger partial charge in [0.05, 0.1) is 11.3 Å². The number of Topliss-reactive ketones (excluding diaryl/α,β-unsaturated/α-hetero) is 1. The zero-order chi connectivity index (χ0) is 10.0. The molecule has 0 spiro atoms. The minimum Gasteiger partial charge on any atom is -0.396 e. The predicted octanol–water partition coefficient (Wildman–Crippen LogP) is 1.48. The number of nitrogens with zero attached hydrogens (tertiary/aromatic N) is 1. The Balaban J connectivity index is 3.41. The van der Waals surface area contributed by atoms with Gasteiger partial charge in [-0.1, -0.05) is 0 Å². The average molecular weight is 178 g/mol. The number of carbonyl (C=O) groups excluding carboxylic acids is 1. The van der Waals surface area contributed by atoms with E-state index in [0.29, 0.717) is 0 Å². The first kappa shape index (κ1) is 9.20. The molecule has 0 aromatic heterocycles. The van der Waals surface area contributed by atoms with Crippen molar-refractivity contribution in [3.8, 4) is 6.07 Å². The largest absolute Gasteiger partial charge is 0.396 e. The van der Waals surface area contributed by atoms with Crippen LogP contribution in [0.4, 0.5) is 10.1 Å². The summed E-state index contributed by atoms with van der Waals surface area (Å²) in [4.78, 5) is 10.9. The Hall–Kier alpha value is -1.89. The van der Waals surface area contributed by atoms with E-state index in [-0.39, 0.29) is 22.6 Å². The highest BCUT2D eigenvalue weighted by Crippen LogP contribution is 2.17. The SMILES string of the molecule is CC(=O)c1cc(N)c(F)c(C#N)c1. The van der Waals surface area contributed by atoms with Crippen LogP contribution in [0.3, 0.4) is 0 Å². The summed E-state index contributed by atoms with van der Waals surface area (Å²) in [6.45, 7) is 1.33. The van der Waals surface area contributed by atoms with Crippen molar-refractivity contribution >= 4 is 11.5 Å². The maximum absolute atomic E-state index is 13.0. The molecule has 1 aromatic carbocycles. The number of anilines is 1. The van der Waals surface area contributed by atoms with E-state index in [2.05, 4.69) is 0 Å². The molecule has 4 heteroatoms. The summed E-state index contributed by atoms with van der Waals surface area (Å²) in [6.07, 6.45) is 0. The lowest BCUT2D eigenvalue weighted by Crippen LogP contribution is -2.00. The fraction of sp³-hybridized carbons (Fsp3) is 0.111. The lowest BCUT2D eigenvalue weighted by Gasteiger charge is -2.01. The van der Waals surface area contributed by atoms with Crippen LogP contribution >= 0.6 is 0 Å². The molecule has 0 radical (unpaired) electrons. The first-order chi connectivity index (χ1) is 6.06. The van der Waals surface area contributed by atoms with E-state index in [4.69, 9.17) is 11.0 Å². The molecule has 0 fully saturated rings. The zero-order valence-electron chi connectivity index (χ0n) is 6.97. The van der Waals surface area contributed by atoms with E-state index in [1.54, 1.807) is 6.07 Å². The summed E-state index contributed by atoms with van der Waals surface area (Å²) in [5, 5.41) is 8.49. The van der Waals surface area contributed by atoms with E-state index in [1.807, 2.05) is 0 Å². The van der Waals surface area contributed by atoms with Crippen LogP contribution in [0.5, 0.6) is 0 Å². The Morgan fingerprint density at radius 2 is 2.23 bits per heavy atom. The van der Waals surface area contributed by atoms with E-state index in [0.717, 1.165) is 0 Å². The number of hydrogen-bond acceptors (Lipinski definition) is 3. The van der Waals surface area contributed by atoms with E-state index >= 15 is 0 Å². The van der Waals surface area contributed by atoms with Crippen LogP contribution in [0, 0.1) is 17.1 Å². The van der Waals surface area contributed by atoms with Crippen molar-refractivity contribution in [2.24, 2.45) is 0 Å². The molecule has 0 unspecified atom stereocenters. The summed E-state index contributed by atoms with van der Waals surface area (Å²) in [6, 6.07) is 4.03. The van der Waals surface area contributed by atoms with Gasteiger partial charge in [0.1, 0.15) is 6.07 Å². The Labute approximate surface area is 74.6 Å². The standard InChI is InChI=1S/C9H7FN2O/c1-5(13)6-2-7(4-11)9(10)8(12)3-6/h2-3H,12H2,1H3. The third kappa shape index (κ3) is 1.64. The van der Waals surface area contributed by atoms with Gasteiger partial charge in [-0.05, 0) is 19.1 Å². The second-order valence-electron chi connectivity index (χ2n) is 2.60. The fourth-order valence-corrected chi connectivity index (χ4v) is 0.932.